The van der Waals surface area contributed by atoms with Crippen LogP contribution in [0.1, 0.15) is 58.9 Å². The molecule has 3 aliphatic rings. The topological polar surface area (TPSA) is 67.8 Å². The van der Waals surface area contributed by atoms with Crippen molar-refractivity contribution in [2.45, 2.75) is 70.5 Å². The van der Waals surface area contributed by atoms with Crippen molar-refractivity contribution in [2.75, 3.05) is 44.6 Å². The van der Waals surface area contributed by atoms with Gasteiger partial charge >= 0.3 is 0 Å². The zero-order valence-corrected chi connectivity index (χ0v) is 18.3. The van der Waals surface area contributed by atoms with Crippen LogP contribution >= 0.6 is 0 Å². The Hall–Kier alpha value is -1.14. The van der Waals surface area contributed by atoms with E-state index in [0.717, 1.165) is 45.6 Å². The zero-order valence-electron chi connectivity index (χ0n) is 18.3. The highest BCUT2D eigenvalue weighted by Gasteiger charge is 2.43. The number of likely N-dealkylation sites (tertiary alicyclic amines) is 1. The fraction of sp³-hybridized carbons (Fsp3) is 0.739. The van der Waals surface area contributed by atoms with E-state index in [-0.39, 0.29) is 5.41 Å². The molecule has 160 valence electrons. The summed E-state index contributed by atoms with van der Waals surface area (Å²) in [6, 6.07) is 8.66. The monoisotopic (exact) mass is 391 g/mol. The minimum atomic E-state index is -0.915. The molecule has 0 radical (unpaired) electrons. The number of nitrogens with one attached hydrogen (secondary N) is 2. The fourth-order valence-electron chi connectivity index (χ4n) is 4.68. The summed E-state index contributed by atoms with van der Waals surface area (Å²) in [5.41, 5.74) is 2.09. The van der Waals surface area contributed by atoms with Gasteiger partial charge in [-0.2, -0.15) is 0 Å². The molecular formula is C23H41N3O2. The number of fused-ring (bicyclic) bond motifs is 2. The van der Waals surface area contributed by atoms with Crippen LogP contribution in [0.3, 0.4) is 0 Å². The highest BCUT2D eigenvalue weighted by molar-refractivity contribution is 5.60. The quantitative estimate of drug-likeness (QED) is 0.638. The van der Waals surface area contributed by atoms with Crippen molar-refractivity contribution in [1.82, 2.24) is 10.2 Å². The van der Waals surface area contributed by atoms with Gasteiger partial charge in [-0.25, -0.2) is 0 Å². The molecule has 0 aliphatic carbocycles. The molecule has 4 N–H and O–H groups in total. The summed E-state index contributed by atoms with van der Waals surface area (Å²) in [6.45, 7) is 13.2. The molecule has 2 saturated heterocycles. The third-order valence-electron chi connectivity index (χ3n) is 6.45. The molecule has 1 spiro atoms. The van der Waals surface area contributed by atoms with E-state index in [2.05, 4.69) is 39.8 Å². The molecule has 2 fully saturated rings. The van der Waals surface area contributed by atoms with Crippen molar-refractivity contribution in [3.8, 4) is 0 Å². The Morgan fingerprint density at radius 1 is 1.00 bits per heavy atom. The Balaban J connectivity index is 0.000000660. The van der Waals surface area contributed by atoms with E-state index in [1.165, 1.54) is 11.3 Å². The van der Waals surface area contributed by atoms with E-state index >= 15 is 0 Å². The van der Waals surface area contributed by atoms with Gasteiger partial charge in [-0.3, -0.25) is 0 Å². The first-order valence-electron chi connectivity index (χ1n) is 11.3. The number of hydrogen-bond acceptors (Lipinski definition) is 5. The van der Waals surface area contributed by atoms with E-state index in [0.29, 0.717) is 19.4 Å². The standard InChI is InChI=1S/C19H29N3O2.2C2H6/c23-17(19(24)5-9-20-10-6-19)13-22-11-7-18(8-12-22)14-21-16-4-2-1-3-15(16)18;2*1-2/h1-4,17,20-21,23-24H,5-14H2;2*1-2H3. The lowest BCUT2D eigenvalue weighted by atomic mass is 9.74. The van der Waals surface area contributed by atoms with Gasteiger partial charge in [0, 0.05) is 24.2 Å². The highest BCUT2D eigenvalue weighted by Crippen LogP contribution is 2.43. The molecule has 1 aromatic rings. The number of para-hydroxylation sites is 1. The van der Waals surface area contributed by atoms with Crippen molar-refractivity contribution in [2.24, 2.45) is 0 Å². The first-order chi connectivity index (χ1) is 13.6. The average Bonchev–Trinajstić information content (AvgIpc) is 3.12. The van der Waals surface area contributed by atoms with Gasteiger partial charge in [-0.15, -0.1) is 0 Å². The van der Waals surface area contributed by atoms with Crippen LogP contribution in [0.4, 0.5) is 5.69 Å². The highest BCUT2D eigenvalue weighted by atomic mass is 16.3. The Bertz CT molecular complexity index is 579. The maximum absolute atomic E-state index is 10.7. The molecule has 1 unspecified atom stereocenters. The predicted octanol–water partition coefficient (Wildman–Crippen LogP) is 2.97. The van der Waals surface area contributed by atoms with Gasteiger partial charge in [0.15, 0.2) is 0 Å². The van der Waals surface area contributed by atoms with Crippen LogP contribution in [0.2, 0.25) is 0 Å². The van der Waals surface area contributed by atoms with Crippen molar-refractivity contribution in [1.29, 1.82) is 0 Å². The van der Waals surface area contributed by atoms with E-state index in [1.807, 2.05) is 27.7 Å². The van der Waals surface area contributed by atoms with E-state index < -0.39 is 11.7 Å². The van der Waals surface area contributed by atoms with Gasteiger partial charge in [0.2, 0.25) is 0 Å². The second-order valence-corrected chi connectivity index (χ2v) is 7.85. The van der Waals surface area contributed by atoms with Crippen LogP contribution in [-0.4, -0.2) is 66.1 Å². The number of piperidine rings is 2. The Kier molecular flexibility index (Phi) is 8.75. The van der Waals surface area contributed by atoms with Crippen molar-refractivity contribution >= 4 is 5.69 Å². The van der Waals surface area contributed by atoms with Gasteiger partial charge in [0.25, 0.3) is 0 Å². The molecule has 0 saturated carbocycles. The van der Waals surface area contributed by atoms with Crippen LogP contribution in [0.5, 0.6) is 0 Å². The summed E-state index contributed by atoms with van der Waals surface area (Å²) in [5.74, 6) is 0. The van der Waals surface area contributed by atoms with Gasteiger partial charge < -0.3 is 25.7 Å². The maximum atomic E-state index is 10.7. The minimum Gasteiger partial charge on any atom is -0.389 e. The second-order valence-electron chi connectivity index (χ2n) is 7.85. The van der Waals surface area contributed by atoms with Crippen LogP contribution in [0.15, 0.2) is 24.3 Å². The van der Waals surface area contributed by atoms with E-state index in [4.69, 9.17) is 0 Å². The number of benzene rings is 1. The molecule has 0 bridgehead atoms. The van der Waals surface area contributed by atoms with Crippen molar-refractivity contribution in [3.05, 3.63) is 29.8 Å². The summed E-state index contributed by atoms with van der Waals surface area (Å²) >= 11 is 0. The maximum Gasteiger partial charge on any atom is 0.0954 e. The van der Waals surface area contributed by atoms with Crippen LogP contribution in [0, 0.1) is 0 Å². The van der Waals surface area contributed by atoms with E-state index in [9.17, 15) is 10.2 Å². The number of rotatable bonds is 3. The predicted molar refractivity (Wildman–Crippen MR) is 118 cm³/mol. The van der Waals surface area contributed by atoms with Crippen LogP contribution in [0.25, 0.3) is 0 Å². The van der Waals surface area contributed by atoms with Gasteiger partial charge in [-0.1, -0.05) is 45.9 Å². The average molecular weight is 392 g/mol. The lowest BCUT2D eigenvalue weighted by Crippen LogP contribution is -2.55. The van der Waals surface area contributed by atoms with Gasteiger partial charge in [0.05, 0.1) is 11.7 Å². The Morgan fingerprint density at radius 3 is 2.25 bits per heavy atom. The number of hydrogen-bond donors (Lipinski definition) is 4. The minimum absolute atomic E-state index is 0.254. The summed E-state index contributed by atoms with van der Waals surface area (Å²) in [5, 5.41) is 28.1. The summed E-state index contributed by atoms with van der Waals surface area (Å²) in [4.78, 5) is 2.33. The van der Waals surface area contributed by atoms with Crippen LogP contribution in [-0.2, 0) is 5.41 Å². The molecule has 1 aromatic carbocycles. The molecule has 4 rings (SSSR count). The summed E-state index contributed by atoms with van der Waals surface area (Å²) in [6.07, 6.45) is 2.86. The number of β-amino-alcohol motifs (C(OH)–C–C–N with tert-alkyl or cyclic N) is 1. The molecular weight excluding hydrogens is 350 g/mol. The smallest absolute Gasteiger partial charge is 0.0954 e. The van der Waals surface area contributed by atoms with Crippen LogP contribution < -0.4 is 10.6 Å². The van der Waals surface area contributed by atoms with Gasteiger partial charge in [0.1, 0.15) is 0 Å². The number of anilines is 1. The first kappa shape index (κ1) is 23.1. The lowest BCUT2D eigenvalue weighted by molar-refractivity contribution is -0.104. The van der Waals surface area contributed by atoms with Gasteiger partial charge in [-0.05, 0) is 63.5 Å². The molecule has 5 nitrogen and oxygen atoms in total. The second kappa shape index (κ2) is 10.6. The Labute approximate surface area is 171 Å². The number of nitrogens with zero attached hydrogens (tertiary/aromatic N) is 1. The lowest BCUT2D eigenvalue weighted by Gasteiger charge is -2.43. The number of aliphatic hydroxyl groups is 2. The molecule has 28 heavy (non-hydrogen) atoms. The SMILES string of the molecule is CC.CC.OC(CN1CCC2(CC1)CNc1ccccc12)C1(O)CCNCC1. The summed E-state index contributed by atoms with van der Waals surface area (Å²) < 4.78 is 0. The molecule has 3 heterocycles. The summed E-state index contributed by atoms with van der Waals surface area (Å²) in [7, 11) is 0. The fourth-order valence-corrected chi connectivity index (χ4v) is 4.68. The third kappa shape index (κ3) is 4.88. The molecule has 5 heteroatoms. The largest absolute Gasteiger partial charge is 0.389 e. The Morgan fingerprint density at radius 2 is 1.61 bits per heavy atom. The number of aliphatic hydroxyl groups excluding tert-OH is 1. The normalized spacial score (nSPS) is 23.4. The van der Waals surface area contributed by atoms with Crippen molar-refractivity contribution in [3.63, 3.8) is 0 Å². The molecule has 0 amide bonds. The zero-order chi connectivity index (χ0) is 20.6. The first-order valence-corrected chi connectivity index (χ1v) is 11.3. The third-order valence-corrected chi connectivity index (χ3v) is 6.45. The molecule has 3 aliphatic heterocycles. The molecule has 0 aromatic heterocycles. The molecule has 1 atom stereocenters. The van der Waals surface area contributed by atoms with E-state index in [1.54, 1.807) is 0 Å². The van der Waals surface area contributed by atoms with Crippen molar-refractivity contribution < 1.29 is 10.2 Å².